The van der Waals surface area contributed by atoms with Gasteiger partial charge in [0.05, 0.1) is 9.90 Å². The quantitative estimate of drug-likeness (QED) is 0.777. The molecule has 2 aromatic rings. The van der Waals surface area contributed by atoms with Crippen LogP contribution in [0, 0.1) is 0 Å². The van der Waals surface area contributed by atoms with Crippen molar-refractivity contribution < 1.29 is 4.74 Å². The molecule has 15 heavy (non-hydrogen) atoms. The van der Waals surface area contributed by atoms with Crippen molar-refractivity contribution in [3.63, 3.8) is 0 Å². The highest BCUT2D eigenvalue weighted by Gasteiger charge is 2.05. The van der Waals surface area contributed by atoms with Crippen LogP contribution in [0.1, 0.15) is 4.88 Å². The van der Waals surface area contributed by atoms with Crippen molar-refractivity contribution in [2.24, 2.45) is 0 Å². The Bertz CT molecular complexity index is 458. The van der Waals surface area contributed by atoms with Crippen molar-refractivity contribution in [3.8, 4) is 5.75 Å². The molecule has 0 aromatic carbocycles. The second-order valence-corrected chi connectivity index (χ2v) is 4.54. The molecule has 0 aliphatic heterocycles. The maximum absolute atomic E-state index is 5.93. The molecule has 2 nitrogen and oxygen atoms in total. The highest BCUT2D eigenvalue weighted by atomic mass is 35.5. The average molecular weight is 260 g/mol. The fourth-order valence-corrected chi connectivity index (χ4v) is 2.23. The number of ether oxygens (including phenoxy) is 1. The Balaban J connectivity index is 2.06. The monoisotopic (exact) mass is 259 g/mol. The number of hydrogen-bond donors (Lipinski definition) is 0. The largest absolute Gasteiger partial charge is 0.485 e. The van der Waals surface area contributed by atoms with E-state index in [4.69, 9.17) is 27.9 Å². The number of pyridine rings is 1. The van der Waals surface area contributed by atoms with E-state index < -0.39 is 0 Å². The van der Waals surface area contributed by atoms with Gasteiger partial charge >= 0.3 is 0 Å². The Kier molecular flexibility index (Phi) is 3.46. The van der Waals surface area contributed by atoms with Gasteiger partial charge in [-0.05, 0) is 23.6 Å². The molecule has 0 spiro atoms. The third kappa shape index (κ3) is 2.62. The molecular formula is C10H7Cl2NOS. The van der Waals surface area contributed by atoms with Gasteiger partial charge in [0.15, 0.2) is 10.9 Å². The van der Waals surface area contributed by atoms with Crippen molar-refractivity contribution in [1.82, 2.24) is 4.98 Å². The highest BCUT2D eigenvalue weighted by Crippen LogP contribution is 2.26. The lowest BCUT2D eigenvalue weighted by atomic mass is 10.4. The fraction of sp³-hybridized carbons (Fsp3) is 0.100. The second-order valence-electron chi connectivity index (χ2n) is 2.77. The van der Waals surface area contributed by atoms with Crippen LogP contribution in [-0.2, 0) is 6.61 Å². The van der Waals surface area contributed by atoms with E-state index in [1.54, 1.807) is 29.7 Å². The Morgan fingerprint density at radius 2 is 2.20 bits per heavy atom. The van der Waals surface area contributed by atoms with Crippen molar-refractivity contribution in [3.05, 3.63) is 44.8 Å². The van der Waals surface area contributed by atoms with Crippen LogP contribution in [0.4, 0.5) is 0 Å². The van der Waals surface area contributed by atoms with E-state index in [1.807, 2.05) is 11.4 Å². The standard InChI is InChI=1S/C10H7Cl2NOS/c11-7-3-5-15-9(7)6-14-8-2-1-4-13-10(8)12/h1-5H,6H2. The van der Waals surface area contributed by atoms with Crippen LogP contribution >= 0.6 is 34.5 Å². The van der Waals surface area contributed by atoms with Gasteiger partial charge in [-0.15, -0.1) is 11.3 Å². The van der Waals surface area contributed by atoms with Gasteiger partial charge in [-0.3, -0.25) is 0 Å². The molecule has 0 radical (unpaired) electrons. The molecule has 0 bridgehead atoms. The average Bonchev–Trinajstić information content (AvgIpc) is 2.63. The molecule has 2 aromatic heterocycles. The number of hydrogen-bond acceptors (Lipinski definition) is 3. The first-order valence-electron chi connectivity index (χ1n) is 4.22. The maximum Gasteiger partial charge on any atom is 0.171 e. The lowest BCUT2D eigenvalue weighted by molar-refractivity contribution is 0.309. The van der Waals surface area contributed by atoms with E-state index in [1.165, 1.54) is 0 Å². The third-order valence-electron chi connectivity index (χ3n) is 1.77. The van der Waals surface area contributed by atoms with E-state index in [0.717, 1.165) is 9.90 Å². The van der Waals surface area contributed by atoms with Crippen molar-refractivity contribution >= 4 is 34.5 Å². The fourth-order valence-electron chi connectivity index (χ4n) is 1.05. The van der Waals surface area contributed by atoms with Crippen LogP contribution in [0.15, 0.2) is 29.8 Å². The molecule has 2 rings (SSSR count). The lowest BCUT2D eigenvalue weighted by Gasteiger charge is -2.05. The Morgan fingerprint density at radius 3 is 2.87 bits per heavy atom. The molecule has 0 fully saturated rings. The van der Waals surface area contributed by atoms with Gasteiger partial charge in [-0.25, -0.2) is 4.98 Å². The smallest absolute Gasteiger partial charge is 0.171 e. The summed E-state index contributed by atoms with van der Waals surface area (Å²) in [7, 11) is 0. The minimum absolute atomic E-state index is 0.366. The zero-order valence-corrected chi connectivity index (χ0v) is 9.94. The number of nitrogens with zero attached hydrogens (tertiary/aromatic N) is 1. The summed E-state index contributed by atoms with van der Waals surface area (Å²) in [4.78, 5) is 4.90. The normalized spacial score (nSPS) is 10.3. The predicted molar refractivity (Wildman–Crippen MR) is 62.9 cm³/mol. The summed E-state index contributed by atoms with van der Waals surface area (Å²) in [5, 5.41) is 3.01. The SMILES string of the molecule is Clc1ccsc1COc1cccnc1Cl. The molecule has 5 heteroatoms. The van der Waals surface area contributed by atoms with Crippen molar-refractivity contribution in [2.45, 2.75) is 6.61 Å². The molecule has 0 saturated heterocycles. The molecule has 0 saturated carbocycles. The first-order chi connectivity index (χ1) is 7.27. The first-order valence-corrected chi connectivity index (χ1v) is 5.86. The van der Waals surface area contributed by atoms with E-state index in [9.17, 15) is 0 Å². The van der Waals surface area contributed by atoms with Gasteiger partial charge in [-0.2, -0.15) is 0 Å². The molecule has 0 aliphatic carbocycles. The predicted octanol–water partition coefficient (Wildman–Crippen LogP) is 4.03. The van der Waals surface area contributed by atoms with E-state index in [0.29, 0.717) is 17.5 Å². The third-order valence-corrected chi connectivity index (χ3v) is 3.42. The van der Waals surface area contributed by atoms with Gasteiger partial charge in [0, 0.05) is 6.20 Å². The minimum Gasteiger partial charge on any atom is -0.485 e. The van der Waals surface area contributed by atoms with Crippen LogP contribution in [0.2, 0.25) is 10.2 Å². The van der Waals surface area contributed by atoms with Gasteiger partial charge in [0.25, 0.3) is 0 Å². The highest BCUT2D eigenvalue weighted by molar-refractivity contribution is 7.10. The number of aromatic nitrogens is 1. The molecule has 0 aliphatic rings. The topological polar surface area (TPSA) is 22.1 Å². The van der Waals surface area contributed by atoms with Crippen molar-refractivity contribution in [1.29, 1.82) is 0 Å². The molecule has 0 atom stereocenters. The van der Waals surface area contributed by atoms with Crippen LogP contribution in [0.25, 0.3) is 0 Å². The van der Waals surface area contributed by atoms with Crippen LogP contribution < -0.4 is 4.74 Å². The number of thiophene rings is 1. The summed E-state index contributed by atoms with van der Waals surface area (Å²) in [5.41, 5.74) is 0. The maximum atomic E-state index is 5.93. The second kappa shape index (κ2) is 4.84. The van der Waals surface area contributed by atoms with Gasteiger partial charge < -0.3 is 4.74 Å². The number of rotatable bonds is 3. The Hall–Kier alpha value is -0.770. The summed E-state index contributed by atoms with van der Waals surface area (Å²) >= 11 is 13.3. The van der Waals surface area contributed by atoms with Crippen LogP contribution in [0.3, 0.4) is 0 Å². The van der Waals surface area contributed by atoms with Crippen LogP contribution in [0.5, 0.6) is 5.75 Å². The summed E-state index contributed by atoms with van der Waals surface area (Å²) in [6, 6.07) is 5.39. The Labute approximate surface area is 101 Å². The molecule has 0 unspecified atom stereocenters. The molecule has 78 valence electrons. The summed E-state index contributed by atoms with van der Waals surface area (Å²) in [5.74, 6) is 0.573. The zero-order valence-electron chi connectivity index (χ0n) is 7.61. The molecule has 2 heterocycles. The van der Waals surface area contributed by atoms with E-state index in [-0.39, 0.29) is 0 Å². The van der Waals surface area contributed by atoms with Crippen LogP contribution in [-0.4, -0.2) is 4.98 Å². The Morgan fingerprint density at radius 1 is 1.33 bits per heavy atom. The summed E-state index contributed by atoms with van der Waals surface area (Å²) in [6.45, 7) is 0.419. The van der Waals surface area contributed by atoms with E-state index in [2.05, 4.69) is 4.98 Å². The van der Waals surface area contributed by atoms with Gasteiger partial charge in [-0.1, -0.05) is 23.2 Å². The van der Waals surface area contributed by atoms with Gasteiger partial charge in [0.2, 0.25) is 0 Å². The molecule has 0 amide bonds. The summed E-state index contributed by atoms with van der Waals surface area (Å²) in [6.07, 6.45) is 1.62. The molecule has 0 N–H and O–H groups in total. The minimum atomic E-state index is 0.366. The van der Waals surface area contributed by atoms with Crippen molar-refractivity contribution in [2.75, 3.05) is 0 Å². The molecular weight excluding hydrogens is 253 g/mol. The first kappa shape index (κ1) is 10.7. The van der Waals surface area contributed by atoms with Gasteiger partial charge in [0.1, 0.15) is 6.61 Å². The number of halogens is 2. The zero-order chi connectivity index (χ0) is 10.7. The van der Waals surface area contributed by atoms with E-state index >= 15 is 0 Å². The lowest BCUT2D eigenvalue weighted by Crippen LogP contribution is -1.94. The summed E-state index contributed by atoms with van der Waals surface area (Å²) < 4.78 is 5.49.